The lowest BCUT2D eigenvalue weighted by Gasteiger charge is -2.31. The van der Waals surface area contributed by atoms with Gasteiger partial charge in [0.1, 0.15) is 0 Å². The molecule has 1 saturated heterocycles. The van der Waals surface area contributed by atoms with Crippen molar-refractivity contribution in [1.29, 1.82) is 0 Å². The van der Waals surface area contributed by atoms with Crippen LogP contribution in [0.25, 0.3) is 0 Å². The van der Waals surface area contributed by atoms with Crippen LogP contribution in [0.5, 0.6) is 0 Å². The molecule has 3 rings (SSSR count). The number of rotatable bonds is 6. The Labute approximate surface area is 151 Å². The van der Waals surface area contributed by atoms with Crippen LogP contribution in [0.3, 0.4) is 0 Å². The van der Waals surface area contributed by atoms with E-state index in [9.17, 15) is 4.79 Å². The Bertz CT molecular complexity index is 669. The van der Waals surface area contributed by atoms with Gasteiger partial charge in [0.15, 0.2) is 0 Å². The van der Waals surface area contributed by atoms with E-state index in [1.165, 1.54) is 11.1 Å². The average Bonchev–Trinajstić information content (AvgIpc) is 3.09. The van der Waals surface area contributed by atoms with Crippen LogP contribution in [0.4, 0.5) is 0 Å². The first-order valence-electron chi connectivity index (χ1n) is 9.27. The molecule has 3 heteroatoms. The molecule has 2 aromatic carbocycles. The molecule has 1 amide bonds. The summed E-state index contributed by atoms with van der Waals surface area (Å²) in [6.45, 7) is 6.38. The minimum Gasteiger partial charge on any atom is -0.335 e. The molecule has 0 radical (unpaired) electrons. The van der Waals surface area contributed by atoms with Gasteiger partial charge in [0.2, 0.25) is 5.91 Å². The Morgan fingerprint density at radius 2 is 1.72 bits per heavy atom. The summed E-state index contributed by atoms with van der Waals surface area (Å²) >= 11 is 0. The fourth-order valence-electron chi connectivity index (χ4n) is 3.67. The van der Waals surface area contributed by atoms with Gasteiger partial charge in [-0.2, -0.15) is 0 Å². The number of hydrogen-bond acceptors (Lipinski definition) is 2. The van der Waals surface area contributed by atoms with Crippen molar-refractivity contribution in [2.24, 2.45) is 0 Å². The maximum absolute atomic E-state index is 13.0. The van der Waals surface area contributed by atoms with Crippen molar-refractivity contribution in [3.8, 4) is 0 Å². The van der Waals surface area contributed by atoms with Crippen LogP contribution in [-0.2, 0) is 11.3 Å². The van der Waals surface area contributed by atoms with Gasteiger partial charge in [0, 0.05) is 18.6 Å². The van der Waals surface area contributed by atoms with E-state index in [1.54, 1.807) is 0 Å². The predicted molar refractivity (Wildman–Crippen MR) is 102 cm³/mol. The number of carbonyl (C=O) groups excluding carboxylic acids is 1. The Morgan fingerprint density at radius 3 is 2.36 bits per heavy atom. The molecule has 1 aliphatic heterocycles. The molecular weight excluding hydrogens is 308 g/mol. The van der Waals surface area contributed by atoms with E-state index in [-0.39, 0.29) is 11.9 Å². The molecule has 1 fully saturated rings. The standard InChI is InChI=1S/C22H28N2O/c1-18(2)24(16-19-10-5-3-6-11-19)22(25)17-23-15-9-14-21(23)20-12-7-4-8-13-20/h3-8,10-13,18,21H,9,14-17H2,1-2H3. The summed E-state index contributed by atoms with van der Waals surface area (Å²) in [4.78, 5) is 17.3. The molecule has 1 atom stereocenters. The van der Waals surface area contributed by atoms with Crippen LogP contribution in [-0.4, -0.2) is 34.8 Å². The summed E-state index contributed by atoms with van der Waals surface area (Å²) in [5.41, 5.74) is 2.51. The molecule has 1 unspecified atom stereocenters. The van der Waals surface area contributed by atoms with E-state index in [2.05, 4.69) is 55.1 Å². The second kappa shape index (κ2) is 8.30. The summed E-state index contributed by atoms with van der Waals surface area (Å²) < 4.78 is 0. The van der Waals surface area contributed by atoms with Crippen LogP contribution in [0.1, 0.15) is 43.9 Å². The third-order valence-corrected chi connectivity index (χ3v) is 5.03. The van der Waals surface area contributed by atoms with Crippen LogP contribution >= 0.6 is 0 Å². The number of likely N-dealkylation sites (tertiary alicyclic amines) is 1. The number of nitrogens with zero attached hydrogens (tertiary/aromatic N) is 2. The number of hydrogen-bond donors (Lipinski definition) is 0. The molecule has 0 aliphatic carbocycles. The smallest absolute Gasteiger partial charge is 0.237 e. The fourth-order valence-corrected chi connectivity index (χ4v) is 3.67. The zero-order valence-electron chi connectivity index (χ0n) is 15.3. The highest BCUT2D eigenvalue weighted by Gasteiger charge is 2.29. The third-order valence-electron chi connectivity index (χ3n) is 5.03. The van der Waals surface area contributed by atoms with E-state index in [1.807, 2.05) is 29.2 Å². The predicted octanol–water partition coefficient (Wildman–Crippen LogP) is 4.26. The molecule has 0 spiro atoms. The lowest BCUT2D eigenvalue weighted by Crippen LogP contribution is -2.43. The normalized spacial score (nSPS) is 17.8. The van der Waals surface area contributed by atoms with Crippen LogP contribution in [0.2, 0.25) is 0 Å². The molecule has 1 heterocycles. The quantitative estimate of drug-likeness (QED) is 0.787. The maximum Gasteiger partial charge on any atom is 0.237 e. The van der Waals surface area contributed by atoms with Gasteiger partial charge in [-0.25, -0.2) is 0 Å². The average molecular weight is 336 g/mol. The summed E-state index contributed by atoms with van der Waals surface area (Å²) in [5, 5.41) is 0. The second-order valence-electron chi connectivity index (χ2n) is 7.14. The lowest BCUT2D eigenvalue weighted by atomic mass is 10.0. The molecular formula is C22H28N2O. The van der Waals surface area contributed by atoms with E-state index in [0.717, 1.165) is 19.4 Å². The first kappa shape index (κ1) is 17.7. The highest BCUT2D eigenvalue weighted by molar-refractivity contribution is 5.78. The zero-order chi connectivity index (χ0) is 17.6. The number of benzene rings is 2. The molecule has 0 N–H and O–H groups in total. The van der Waals surface area contributed by atoms with Crippen molar-refractivity contribution >= 4 is 5.91 Å². The number of amides is 1. The fraction of sp³-hybridized carbons (Fsp3) is 0.409. The van der Waals surface area contributed by atoms with Gasteiger partial charge in [0.05, 0.1) is 6.54 Å². The van der Waals surface area contributed by atoms with Crippen molar-refractivity contribution in [1.82, 2.24) is 9.80 Å². The van der Waals surface area contributed by atoms with Crippen molar-refractivity contribution in [3.05, 3.63) is 71.8 Å². The molecule has 0 aromatic heterocycles. The van der Waals surface area contributed by atoms with E-state index in [0.29, 0.717) is 19.1 Å². The van der Waals surface area contributed by atoms with E-state index >= 15 is 0 Å². The Morgan fingerprint density at radius 1 is 1.08 bits per heavy atom. The molecule has 0 bridgehead atoms. The molecule has 132 valence electrons. The van der Waals surface area contributed by atoms with Crippen molar-refractivity contribution in [2.45, 2.75) is 45.3 Å². The molecule has 2 aromatic rings. The first-order chi connectivity index (χ1) is 12.1. The SMILES string of the molecule is CC(C)N(Cc1ccccc1)C(=O)CN1CCCC1c1ccccc1. The van der Waals surface area contributed by atoms with Gasteiger partial charge in [-0.1, -0.05) is 60.7 Å². The first-order valence-corrected chi connectivity index (χ1v) is 9.27. The molecule has 1 aliphatic rings. The van der Waals surface area contributed by atoms with Crippen LogP contribution in [0.15, 0.2) is 60.7 Å². The minimum absolute atomic E-state index is 0.200. The highest BCUT2D eigenvalue weighted by atomic mass is 16.2. The van der Waals surface area contributed by atoms with Gasteiger partial charge >= 0.3 is 0 Å². The van der Waals surface area contributed by atoms with Crippen molar-refractivity contribution in [2.75, 3.05) is 13.1 Å². The summed E-state index contributed by atoms with van der Waals surface area (Å²) in [6.07, 6.45) is 2.30. The largest absolute Gasteiger partial charge is 0.335 e. The van der Waals surface area contributed by atoms with Gasteiger partial charge < -0.3 is 4.90 Å². The maximum atomic E-state index is 13.0. The third kappa shape index (κ3) is 4.49. The van der Waals surface area contributed by atoms with E-state index < -0.39 is 0 Å². The van der Waals surface area contributed by atoms with Gasteiger partial charge in [-0.15, -0.1) is 0 Å². The van der Waals surface area contributed by atoms with Gasteiger partial charge in [0.25, 0.3) is 0 Å². The summed E-state index contributed by atoms with van der Waals surface area (Å²) in [5.74, 6) is 0.224. The molecule has 25 heavy (non-hydrogen) atoms. The second-order valence-corrected chi connectivity index (χ2v) is 7.14. The van der Waals surface area contributed by atoms with Crippen molar-refractivity contribution < 1.29 is 4.79 Å². The Hall–Kier alpha value is -2.13. The zero-order valence-corrected chi connectivity index (χ0v) is 15.3. The summed E-state index contributed by atoms with van der Waals surface area (Å²) in [6, 6.07) is 21.4. The van der Waals surface area contributed by atoms with E-state index in [4.69, 9.17) is 0 Å². The summed E-state index contributed by atoms with van der Waals surface area (Å²) in [7, 11) is 0. The van der Waals surface area contributed by atoms with Crippen LogP contribution in [0, 0.1) is 0 Å². The van der Waals surface area contributed by atoms with Crippen LogP contribution < -0.4 is 0 Å². The highest BCUT2D eigenvalue weighted by Crippen LogP contribution is 2.31. The van der Waals surface area contributed by atoms with Gasteiger partial charge in [-0.3, -0.25) is 9.69 Å². The molecule has 3 nitrogen and oxygen atoms in total. The minimum atomic E-state index is 0.200. The Kier molecular flexibility index (Phi) is 5.87. The topological polar surface area (TPSA) is 23.6 Å². The van der Waals surface area contributed by atoms with Gasteiger partial charge in [-0.05, 0) is 44.4 Å². The lowest BCUT2D eigenvalue weighted by molar-refractivity contribution is -0.135. The molecule has 0 saturated carbocycles. The monoisotopic (exact) mass is 336 g/mol. The number of carbonyl (C=O) groups is 1. The Balaban J connectivity index is 1.68. The van der Waals surface area contributed by atoms with Crippen molar-refractivity contribution in [3.63, 3.8) is 0 Å².